The number of anilines is 1. The van der Waals surface area contributed by atoms with Gasteiger partial charge in [0.1, 0.15) is 0 Å². The van der Waals surface area contributed by atoms with Crippen LogP contribution in [0.15, 0.2) is 16.6 Å². The summed E-state index contributed by atoms with van der Waals surface area (Å²) >= 11 is 3.28. The minimum Gasteiger partial charge on any atom is -0.398 e. The Morgan fingerprint density at radius 2 is 2.18 bits per heavy atom. The molecule has 60 valence electrons. The van der Waals surface area contributed by atoms with Gasteiger partial charge >= 0.3 is 0 Å². The van der Waals surface area contributed by atoms with Crippen LogP contribution in [0.1, 0.15) is 11.1 Å². The number of nitrogens with two attached hydrogens (primary N) is 1. The summed E-state index contributed by atoms with van der Waals surface area (Å²) in [6, 6.07) is 3.80. The van der Waals surface area contributed by atoms with Crippen LogP contribution in [0, 0.1) is 6.92 Å². The molecule has 0 aliphatic carbocycles. The minimum absolute atomic E-state index is 0.00287. The van der Waals surface area contributed by atoms with Gasteiger partial charge < -0.3 is 10.8 Å². The molecule has 0 unspecified atom stereocenters. The van der Waals surface area contributed by atoms with Crippen molar-refractivity contribution < 1.29 is 5.11 Å². The molecule has 1 rings (SSSR count). The van der Waals surface area contributed by atoms with Crippen LogP contribution in [0.3, 0.4) is 0 Å². The Kier molecular flexibility index (Phi) is 2.52. The van der Waals surface area contributed by atoms with Crippen molar-refractivity contribution in [1.82, 2.24) is 0 Å². The molecular formula is C8H10BrNO. The van der Waals surface area contributed by atoms with Crippen LogP contribution in [-0.4, -0.2) is 5.11 Å². The van der Waals surface area contributed by atoms with Gasteiger partial charge in [0, 0.05) is 10.0 Å². The van der Waals surface area contributed by atoms with Gasteiger partial charge in [0.25, 0.3) is 0 Å². The first-order valence-corrected chi connectivity index (χ1v) is 4.10. The van der Waals surface area contributed by atoms with Crippen molar-refractivity contribution in [2.45, 2.75) is 13.5 Å². The van der Waals surface area contributed by atoms with E-state index in [2.05, 4.69) is 15.9 Å². The molecule has 11 heavy (non-hydrogen) atoms. The van der Waals surface area contributed by atoms with E-state index in [0.29, 0.717) is 5.69 Å². The Hall–Kier alpha value is -0.540. The molecular weight excluding hydrogens is 206 g/mol. The van der Waals surface area contributed by atoms with E-state index in [9.17, 15) is 0 Å². The summed E-state index contributed by atoms with van der Waals surface area (Å²) in [6.07, 6.45) is 0. The Labute approximate surface area is 74.2 Å². The lowest BCUT2D eigenvalue weighted by Gasteiger charge is -2.07. The highest BCUT2D eigenvalue weighted by Crippen LogP contribution is 2.25. The van der Waals surface area contributed by atoms with Crippen LogP contribution in [0.25, 0.3) is 0 Å². The van der Waals surface area contributed by atoms with E-state index in [-0.39, 0.29) is 6.61 Å². The fourth-order valence-electron chi connectivity index (χ4n) is 0.955. The summed E-state index contributed by atoms with van der Waals surface area (Å²) in [7, 11) is 0. The molecule has 2 nitrogen and oxygen atoms in total. The number of aliphatic hydroxyl groups is 1. The van der Waals surface area contributed by atoms with Crippen LogP contribution < -0.4 is 5.73 Å². The Morgan fingerprint density at radius 3 is 2.64 bits per heavy atom. The van der Waals surface area contributed by atoms with Gasteiger partial charge in [0.2, 0.25) is 0 Å². The number of hydrogen-bond donors (Lipinski definition) is 2. The van der Waals surface area contributed by atoms with Gasteiger partial charge in [0.15, 0.2) is 0 Å². The maximum Gasteiger partial charge on any atom is 0.0704 e. The van der Waals surface area contributed by atoms with E-state index in [1.165, 1.54) is 0 Å². The number of benzene rings is 1. The molecule has 0 aliphatic heterocycles. The predicted octanol–water partition coefficient (Wildman–Crippen LogP) is 1.83. The molecule has 1 aromatic carbocycles. The molecule has 0 atom stereocenters. The van der Waals surface area contributed by atoms with Gasteiger partial charge in [-0.05, 0) is 34.5 Å². The summed E-state index contributed by atoms with van der Waals surface area (Å²) in [6.45, 7) is 1.92. The molecule has 0 aliphatic rings. The number of aliphatic hydroxyl groups excluding tert-OH is 1. The number of nitrogen functional groups attached to an aromatic ring is 1. The van der Waals surface area contributed by atoms with E-state index in [0.717, 1.165) is 15.6 Å². The van der Waals surface area contributed by atoms with Gasteiger partial charge in [0.05, 0.1) is 12.3 Å². The first kappa shape index (κ1) is 8.56. The molecule has 3 heteroatoms. The molecule has 1 aromatic rings. The van der Waals surface area contributed by atoms with Crippen molar-refractivity contribution in [3.8, 4) is 0 Å². The van der Waals surface area contributed by atoms with Crippen LogP contribution in [0.2, 0.25) is 0 Å². The van der Waals surface area contributed by atoms with Crippen LogP contribution in [-0.2, 0) is 6.61 Å². The highest BCUT2D eigenvalue weighted by atomic mass is 79.9. The molecule has 3 N–H and O–H groups in total. The van der Waals surface area contributed by atoms with Crippen LogP contribution in [0.5, 0.6) is 0 Å². The average molecular weight is 216 g/mol. The molecule has 0 radical (unpaired) electrons. The lowest BCUT2D eigenvalue weighted by atomic mass is 10.1. The first-order valence-electron chi connectivity index (χ1n) is 3.31. The van der Waals surface area contributed by atoms with Crippen molar-refractivity contribution in [1.29, 1.82) is 0 Å². The van der Waals surface area contributed by atoms with Crippen molar-refractivity contribution in [3.05, 3.63) is 27.7 Å². The van der Waals surface area contributed by atoms with E-state index in [4.69, 9.17) is 10.8 Å². The normalized spacial score (nSPS) is 10.1. The van der Waals surface area contributed by atoms with Gasteiger partial charge in [-0.3, -0.25) is 0 Å². The summed E-state index contributed by atoms with van der Waals surface area (Å²) in [4.78, 5) is 0. The Balaban J connectivity index is 3.29. The lowest BCUT2D eigenvalue weighted by molar-refractivity contribution is 0.281. The number of halogens is 1. The monoisotopic (exact) mass is 215 g/mol. The van der Waals surface area contributed by atoms with Gasteiger partial charge in [-0.25, -0.2) is 0 Å². The van der Waals surface area contributed by atoms with E-state index in [1.807, 2.05) is 19.1 Å². The summed E-state index contributed by atoms with van der Waals surface area (Å²) in [5.41, 5.74) is 8.15. The zero-order chi connectivity index (χ0) is 8.43. The summed E-state index contributed by atoms with van der Waals surface area (Å²) in [5.74, 6) is 0. The second-order valence-corrected chi connectivity index (χ2v) is 3.27. The highest BCUT2D eigenvalue weighted by Gasteiger charge is 2.04. The lowest BCUT2D eigenvalue weighted by Crippen LogP contribution is -1.97. The Bertz CT molecular complexity index is 273. The SMILES string of the molecule is Cc1ccc(Br)c(N)c1CO. The van der Waals surface area contributed by atoms with Gasteiger partial charge in [-0.1, -0.05) is 6.07 Å². The van der Waals surface area contributed by atoms with Crippen molar-refractivity contribution in [2.24, 2.45) is 0 Å². The van der Waals surface area contributed by atoms with Gasteiger partial charge in [-0.15, -0.1) is 0 Å². The molecule has 0 spiro atoms. The Morgan fingerprint density at radius 1 is 1.55 bits per heavy atom. The van der Waals surface area contributed by atoms with E-state index >= 15 is 0 Å². The predicted molar refractivity (Wildman–Crippen MR) is 49.2 cm³/mol. The third kappa shape index (κ3) is 1.54. The summed E-state index contributed by atoms with van der Waals surface area (Å²) in [5, 5.41) is 8.92. The second kappa shape index (κ2) is 3.24. The molecule has 0 saturated carbocycles. The highest BCUT2D eigenvalue weighted by molar-refractivity contribution is 9.10. The number of aryl methyl sites for hydroxylation is 1. The summed E-state index contributed by atoms with van der Waals surface area (Å²) < 4.78 is 0.840. The maximum atomic E-state index is 8.92. The fraction of sp³-hybridized carbons (Fsp3) is 0.250. The minimum atomic E-state index is -0.00287. The standard InChI is InChI=1S/C8H10BrNO/c1-5-2-3-7(9)8(10)6(5)4-11/h2-3,11H,4,10H2,1H3. The zero-order valence-electron chi connectivity index (χ0n) is 6.26. The molecule has 0 saturated heterocycles. The maximum absolute atomic E-state index is 8.92. The van der Waals surface area contributed by atoms with Crippen LogP contribution >= 0.6 is 15.9 Å². The third-order valence-electron chi connectivity index (χ3n) is 1.70. The smallest absolute Gasteiger partial charge is 0.0704 e. The molecule has 0 amide bonds. The number of rotatable bonds is 1. The zero-order valence-corrected chi connectivity index (χ0v) is 7.85. The average Bonchev–Trinajstić information content (AvgIpc) is 1.99. The third-order valence-corrected chi connectivity index (χ3v) is 2.39. The molecule has 0 fully saturated rings. The van der Waals surface area contributed by atoms with Crippen LogP contribution in [0.4, 0.5) is 5.69 Å². The van der Waals surface area contributed by atoms with E-state index < -0.39 is 0 Å². The topological polar surface area (TPSA) is 46.2 Å². The molecule has 0 heterocycles. The largest absolute Gasteiger partial charge is 0.398 e. The number of hydrogen-bond acceptors (Lipinski definition) is 2. The van der Waals surface area contributed by atoms with Crippen molar-refractivity contribution >= 4 is 21.6 Å². The van der Waals surface area contributed by atoms with Crippen molar-refractivity contribution in [3.63, 3.8) is 0 Å². The quantitative estimate of drug-likeness (QED) is 0.703. The van der Waals surface area contributed by atoms with Crippen molar-refractivity contribution in [2.75, 3.05) is 5.73 Å². The second-order valence-electron chi connectivity index (χ2n) is 2.41. The van der Waals surface area contributed by atoms with E-state index in [1.54, 1.807) is 0 Å². The van der Waals surface area contributed by atoms with Gasteiger partial charge in [-0.2, -0.15) is 0 Å². The first-order chi connectivity index (χ1) is 5.16. The molecule has 0 bridgehead atoms. The molecule has 0 aromatic heterocycles. The fourth-order valence-corrected chi connectivity index (χ4v) is 1.33.